The fourth-order valence-electron chi connectivity index (χ4n) is 2.30. The molecule has 1 aliphatic rings. The van der Waals surface area contributed by atoms with E-state index in [0.717, 1.165) is 24.2 Å². The summed E-state index contributed by atoms with van der Waals surface area (Å²) in [6, 6.07) is 5.90. The van der Waals surface area contributed by atoms with Crippen LogP contribution in [0.25, 0.3) is 0 Å². The van der Waals surface area contributed by atoms with Crippen molar-refractivity contribution in [2.24, 2.45) is 11.7 Å². The van der Waals surface area contributed by atoms with Crippen molar-refractivity contribution in [2.45, 2.75) is 18.9 Å². The van der Waals surface area contributed by atoms with E-state index in [1.165, 1.54) is 5.56 Å². The van der Waals surface area contributed by atoms with Crippen molar-refractivity contribution >= 4 is 0 Å². The standard InChI is InChI=1S/C12H17NO2/c1-15-10-4-2-3-8-5-6-9(7-13)12(14)11(8)10/h2-4,9,12,14H,5-7,13H2,1H3. The summed E-state index contributed by atoms with van der Waals surface area (Å²) in [7, 11) is 1.63. The highest BCUT2D eigenvalue weighted by atomic mass is 16.5. The third-order valence-electron chi connectivity index (χ3n) is 3.21. The van der Waals surface area contributed by atoms with Crippen LogP contribution >= 0.6 is 0 Å². The lowest BCUT2D eigenvalue weighted by Gasteiger charge is -2.30. The molecule has 3 heteroatoms. The van der Waals surface area contributed by atoms with Gasteiger partial charge in [-0.25, -0.2) is 0 Å². The van der Waals surface area contributed by atoms with E-state index in [1.54, 1.807) is 7.11 Å². The molecule has 2 atom stereocenters. The van der Waals surface area contributed by atoms with Gasteiger partial charge in [-0.05, 0) is 31.0 Å². The van der Waals surface area contributed by atoms with Crippen LogP contribution < -0.4 is 10.5 Å². The number of ether oxygens (including phenoxy) is 1. The summed E-state index contributed by atoms with van der Waals surface area (Å²) in [6.45, 7) is 0.526. The predicted molar refractivity (Wildman–Crippen MR) is 58.8 cm³/mol. The first-order chi connectivity index (χ1) is 7.27. The quantitative estimate of drug-likeness (QED) is 0.767. The summed E-state index contributed by atoms with van der Waals surface area (Å²) in [5, 5.41) is 10.2. The zero-order valence-electron chi connectivity index (χ0n) is 8.94. The van der Waals surface area contributed by atoms with Crippen molar-refractivity contribution in [3.05, 3.63) is 29.3 Å². The largest absolute Gasteiger partial charge is 0.496 e. The SMILES string of the molecule is COc1cccc2c1C(O)C(CN)CC2. The molecule has 0 aliphatic heterocycles. The van der Waals surface area contributed by atoms with Gasteiger partial charge in [0.05, 0.1) is 13.2 Å². The Morgan fingerprint density at radius 1 is 1.53 bits per heavy atom. The van der Waals surface area contributed by atoms with E-state index in [2.05, 4.69) is 0 Å². The highest BCUT2D eigenvalue weighted by molar-refractivity contribution is 5.43. The highest BCUT2D eigenvalue weighted by Crippen LogP contribution is 2.39. The molecule has 2 rings (SSSR count). The number of hydrogen-bond donors (Lipinski definition) is 2. The van der Waals surface area contributed by atoms with Crippen LogP contribution in [0.1, 0.15) is 23.7 Å². The summed E-state index contributed by atoms with van der Waals surface area (Å²) in [5.74, 6) is 0.937. The molecule has 0 fully saturated rings. The first-order valence-corrected chi connectivity index (χ1v) is 5.31. The molecule has 0 bridgehead atoms. The maximum absolute atomic E-state index is 10.2. The van der Waals surface area contributed by atoms with Gasteiger partial charge in [0.2, 0.25) is 0 Å². The van der Waals surface area contributed by atoms with Gasteiger partial charge in [-0.1, -0.05) is 12.1 Å². The van der Waals surface area contributed by atoms with Gasteiger partial charge >= 0.3 is 0 Å². The summed E-state index contributed by atoms with van der Waals surface area (Å²) >= 11 is 0. The Morgan fingerprint density at radius 2 is 2.33 bits per heavy atom. The molecule has 0 heterocycles. The monoisotopic (exact) mass is 207 g/mol. The van der Waals surface area contributed by atoms with Crippen molar-refractivity contribution in [3.63, 3.8) is 0 Å². The van der Waals surface area contributed by atoms with Crippen LogP contribution in [0.3, 0.4) is 0 Å². The second-order valence-electron chi connectivity index (χ2n) is 4.01. The smallest absolute Gasteiger partial charge is 0.124 e. The van der Waals surface area contributed by atoms with E-state index >= 15 is 0 Å². The second-order valence-corrected chi connectivity index (χ2v) is 4.01. The Kier molecular flexibility index (Phi) is 2.93. The maximum atomic E-state index is 10.2. The van der Waals surface area contributed by atoms with Gasteiger partial charge in [-0.2, -0.15) is 0 Å². The third-order valence-corrected chi connectivity index (χ3v) is 3.21. The van der Waals surface area contributed by atoms with Crippen molar-refractivity contribution < 1.29 is 9.84 Å². The van der Waals surface area contributed by atoms with Gasteiger partial charge in [-0.3, -0.25) is 0 Å². The van der Waals surface area contributed by atoms with E-state index in [4.69, 9.17) is 10.5 Å². The molecule has 0 saturated carbocycles. The highest BCUT2D eigenvalue weighted by Gasteiger charge is 2.29. The number of aliphatic hydroxyl groups excluding tert-OH is 1. The minimum atomic E-state index is -0.477. The molecular weight excluding hydrogens is 190 g/mol. The van der Waals surface area contributed by atoms with E-state index < -0.39 is 6.10 Å². The van der Waals surface area contributed by atoms with Crippen molar-refractivity contribution in [1.29, 1.82) is 0 Å². The average Bonchev–Trinajstić information content (AvgIpc) is 2.29. The molecule has 0 saturated heterocycles. The Hall–Kier alpha value is -1.06. The number of methoxy groups -OCH3 is 1. The summed E-state index contributed by atoms with van der Waals surface area (Å²) in [5.41, 5.74) is 7.76. The lowest BCUT2D eigenvalue weighted by molar-refractivity contribution is 0.0951. The van der Waals surface area contributed by atoms with Crippen LogP contribution in [0.15, 0.2) is 18.2 Å². The van der Waals surface area contributed by atoms with Crippen molar-refractivity contribution in [3.8, 4) is 5.75 Å². The van der Waals surface area contributed by atoms with Gasteiger partial charge in [0.15, 0.2) is 0 Å². The van der Waals surface area contributed by atoms with E-state index in [9.17, 15) is 5.11 Å². The molecule has 1 aromatic carbocycles. The molecule has 15 heavy (non-hydrogen) atoms. The van der Waals surface area contributed by atoms with Crippen LogP contribution in [-0.2, 0) is 6.42 Å². The normalized spacial score (nSPS) is 24.7. The number of aryl methyl sites for hydroxylation is 1. The van der Waals surface area contributed by atoms with Crippen LogP contribution in [-0.4, -0.2) is 18.8 Å². The van der Waals surface area contributed by atoms with E-state index in [-0.39, 0.29) is 5.92 Å². The Morgan fingerprint density at radius 3 is 3.00 bits per heavy atom. The number of rotatable bonds is 2. The lowest BCUT2D eigenvalue weighted by atomic mass is 9.81. The predicted octanol–water partition coefficient (Wildman–Crippen LogP) is 1.25. The lowest BCUT2D eigenvalue weighted by Crippen LogP contribution is -2.27. The van der Waals surface area contributed by atoms with Crippen LogP contribution in [0, 0.1) is 5.92 Å². The van der Waals surface area contributed by atoms with Crippen LogP contribution in [0.2, 0.25) is 0 Å². The molecule has 0 radical (unpaired) electrons. The molecule has 3 N–H and O–H groups in total. The maximum Gasteiger partial charge on any atom is 0.124 e. The van der Waals surface area contributed by atoms with E-state index in [1.807, 2.05) is 18.2 Å². The molecular formula is C12H17NO2. The zero-order valence-corrected chi connectivity index (χ0v) is 8.94. The number of nitrogens with two attached hydrogens (primary N) is 1. The van der Waals surface area contributed by atoms with E-state index in [0.29, 0.717) is 6.54 Å². The molecule has 0 spiro atoms. The minimum absolute atomic E-state index is 0.161. The topological polar surface area (TPSA) is 55.5 Å². The van der Waals surface area contributed by atoms with Crippen molar-refractivity contribution in [1.82, 2.24) is 0 Å². The third kappa shape index (κ3) is 1.73. The Labute approximate surface area is 89.9 Å². The number of hydrogen-bond acceptors (Lipinski definition) is 3. The zero-order chi connectivity index (χ0) is 10.8. The van der Waals surface area contributed by atoms with Gasteiger partial charge in [0.25, 0.3) is 0 Å². The molecule has 0 amide bonds. The van der Waals surface area contributed by atoms with Crippen molar-refractivity contribution in [2.75, 3.05) is 13.7 Å². The molecule has 2 unspecified atom stereocenters. The number of aliphatic hydroxyl groups is 1. The molecule has 82 valence electrons. The first kappa shape index (κ1) is 10.5. The molecule has 3 nitrogen and oxygen atoms in total. The molecule has 1 aliphatic carbocycles. The second kappa shape index (κ2) is 4.21. The molecule has 0 aromatic heterocycles. The number of benzene rings is 1. The van der Waals surface area contributed by atoms with Crippen LogP contribution in [0.5, 0.6) is 5.75 Å². The minimum Gasteiger partial charge on any atom is -0.496 e. The summed E-state index contributed by atoms with van der Waals surface area (Å²) in [4.78, 5) is 0. The summed E-state index contributed by atoms with van der Waals surface area (Å²) in [6.07, 6.45) is 1.46. The average molecular weight is 207 g/mol. The van der Waals surface area contributed by atoms with Gasteiger partial charge in [-0.15, -0.1) is 0 Å². The van der Waals surface area contributed by atoms with Gasteiger partial charge < -0.3 is 15.6 Å². The fourth-order valence-corrected chi connectivity index (χ4v) is 2.30. The Balaban J connectivity index is 2.43. The summed E-state index contributed by atoms with van der Waals surface area (Å²) < 4.78 is 5.28. The fraction of sp³-hybridized carbons (Fsp3) is 0.500. The Bertz CT molecular complexity index is 337. The van der Waals surface area contributed by atoms with Gasteiger partial charge in [0, 0.05) is 11.5 Å². The number of fused-ring (bicyclic) bond motifs is 1. The van der Waals surface area contributed by atoms with Gasteiger partial charge in [0.1, 0.15) is 5.75 Å². The first-order valence-electron chi connectivity index (χ1n) is 5.31. The molecule has 1 aromatic rings. The van der Waals surface area contributed by atoms with Crippen LogP contribution in [0.4, 0.5) is 0 Å².